The predicted octanol–water partition coefficient (Wildman–Crippen LogP) is 2.91. The Balaban J connectivity index is 1.51. The molecule has 2 aliphatic rings. The zero-order valence-corrected chi connectivity index (χ0v) is 15.1. The van der Waals surface area contributed by atoms with Crippen molar-refractivity contribution in [1.82, 2.24) is 9.88 Å². The summed E-state index contributed by atoms with van der Waals surface area (Å²) in [7, 11) is 0. The van der Waals surface area contributed by atoms with Crippen LogP contribution in [0.3, 0.4) is 0 Å². The lowest BCUT2D eigenvalue weighted by molar-refractivity contribution is 0.100. The number of benzene rings is 1. The summed E-state index contributed by atoms with van der Waals surface area (Å²) >= 11 is 0. The van der Waals surface area contributed by atoms with Gasteiger partial charge in [0.15, 0.2) is 0 Å². The molecule has 5 heteroatoms. The zero-order chi connectivity index (χ0) is 17.9. The summed E-state index contributed by atoms with van der Waals surface area (Å²) < 4.78 is 0. The lowest BCUT2D eigenvalue weighted by Crippen LogP contribution is -2.50. The van der Waals surface area contributed by atoms with E-state index in [1.807, 2.05) is 30.3 Å². The molecule has 4 rings (SSSR count). The summed E-state index contributed by atoms with van der Waals surface area (Å²) in [5, 5.41) is 0. The quantitative estimate of drug-likeness (QED) is 0.921. The van der Waals surface area contributed by atoms with E-state index in [1.54, 1.807) is 6.07 Å². The third-order valence-electron chi connectivity index (χ3n) is 5.68. The normalized spacial score (nSPS) is 19.0. The van der Waals surface area contributed by atoms with E-state index in [-0.39, 0.29) is 0 Å². The van der Waals surface area contributed by atoms with Crippen LogP contribution < -0.4 is 10.6 Å². The van der Waals surface area contributed by atoms with E-state index in [1.165, 1.54) is 25.7 Å². The second kappa shape index (κ2) is 7.46. The topological polar surface area (TPSA) is 62.5 Å². The molecule has 1 amide bonds. The Morgan fingerprint density at radius 3 is 2.42 bits per heavy atom. The Labute approximate surface area is 154 Å². The average Bonchev–Trinajstić information content (AvgIpc) is 3.23. The number of anilines is 1. The summed E-state index contributed by atoms with van der Waals surface area (Å²) in [5.41, 5.74) is 7.64. The molecule has 26 heavy (non-hydrogen) atoms. The van der Waals surface area contributed by atoms with E-state index in [0.717, 1.165) is 49.3 Å². The van der Waals surface area contributed by atoms with Crippen LogP contribution in [-0.4, -0.2) is 48.0 Å². The van der Waals surface area contributed by atoms with Gasteiger partial charge in [0.1, 0.15) is 5.82 Å². The lowest BCUT2D eigenvalue weighted by Gasteiger charge is -2.38. The number of nitrogens with two attached hydrogens (primary N) is 1. The SMILES string of the molecule is NC(=O)c1ccccc1-c1cccc(N2CCN(C3CCCC3)CC2)n1. The van der Waals surface area contributed by atoms with E-state index < -0.39 is 5.91 Å². The maximum Gasteiger partial charge on any atom is 0.249 e. The smallest absolute Gasteiger partial charge is 0.249 e. The van der Waals surface area contributed by atoms with E-state index in [0.29, 0.717) is 5.56 Å². The van der Waals surface area contributed by atoms with Crippen LogP contribution in [-0.2, 0) is 0 Å². The third kappa shape index (κ3) is 3.44. The van der Waals surface area contributed by atoms with E-state index in [9.17, 15) is 4.79 Å². The molecule has 2 fully saturated rings. The van der Waals surface area contributed by atoms with Crippen LogP contribution in [0, 0.1) is 0 Å². The first-order chi connectivity index (χ1) is 12.7. The molecule has 1 aromatic heterocycles. The van der Waals surface area contributed by atoms with Crippen LogP contribution in [0.5, 0.6) is 0 Å². The summed E-state index contributed by atoms with van der Waals surface area (Å²) in [4.78, 5) is 21.6. The highest BCUT2D eigenvalue weighted by Gasteiger charge is 2.26. The Hall–Kier alpha value is -2.40. The molecule has 1 saturated carbocycles. The van der Waals surface area contributed by atoms with E-state index >= 15 is 0 Å². The van der Waals surface area contributed by atoms with Gasteiger partial charge in [-0.25, -0.2) is 4.98 Å². The molecular weight excluding hydrogens is 324 g/mol. The summed E-state index contributed by atoms with van der Waals surface area (Å²) in [6.07, 6.45) is 5.48. The molecule has 2 aromatic rings. The first-order valence-electron chi connectivity index (χ1n) is 9.57. The number of piperazine rings is 1. The third-order valence-corrected chi connectivity index (χ3v) is 5.68. The molecule has 1 aliphatic heterocycles. The minimum absolute atomic E-state index is 0.419. The Morgan fingerprint density at radius 2 is 1.69 bits per heavy atom. The Bertz CT molecular complexity index is 777. The molecule has 1 saturated heterocycles. The Morgan fingerprint density at radius 1 is 0.962 bits per heavy atom. The highest BCUT2D eigenvalue weighted by molar-refractivity contribution is 5.99. The number of hydrogen-bond donors (Lipinski definition) is 1. The molecule has 0 unspecified atom stereocenters. The lowest BCUT2D eigenvalue weighted by atomic mass is 10.0. The second-order valence-electron chi connectivity index (χ2n) is 7.25. The van der Waals surface area contributed by atoms with Crippen molar-refractivity contribution in [3.8, 4) is 11.3 Å². The Kier molecular flexibility index (Phi) is 4.89. The van der Waals surface area contributed by atoms with Gasteiger partial charge in [0, 0.05) is 43.3 Å². The fourth-order valence-electron chi connectivity index (χ4n) is 4.26. The number of nitrogens with zero attached hydrogens (tertiary/aromatic N) is 3. The number of carbonyl (C=O) groups is 1. The van der Waals surface area contributed by atoms with Gasteiger partial charge >= 0.3 is 0 Å². The summed E-state index contributed by atoms with van der Waals surface area (Å²) in [5.74, 6) is 0.561. The van der Waals surface area contributed by atoms with Crippen molar-refractivity contribution in [2.24, 2.45) is 5.73 Å². The highest BCUT2D eigenvalue weighted by Crippen LogP contribution is 2.27. The van der Waals surface area contributed by atoms with Crippen LogP contribution in [0.2, 0.25) is 0 Å². The van der Waals surface area contributed by atoms with Crippen LogP contribution >= 0.6 is 0 Å². The van der Waals surface area contributed by atoms with Crippen molar-refractivity contribution < 1.29 is 4.79 Å². The molecule has 0 bridgehead atoms. The monoisotopic (exact) mass is 350 g/mol. The van der Waals surface area contributed by atoms with E-state index in [4.69, 9.17) is 10.7 Å². The van der Waals surface area contributed by atoms with Gasteiger partial charge in [-0.2, -0.15) is 0 Å². The van der Waals surface area contributed by atoms with Gasteiger partial charge in [-0.15, -0.1) is 0 Å². The first kappa shape index (κ1) is 17.0. The number of amides is 1. The average molecular weight is 350 g/mol. The van der Waals surface area contributed by atoms with E-state index in [2.05, 4.69) is 15.9 Å². The number of carbonyl (C=O) groups excluding carboxylic acids is 1. The molecule has 2 heterocycles. The van der Waals surface area contributed by atoms with Crippen molar-refractivity contribution in [2.45, 2.75) is 31.7 Å². The molecule has 1 aliphatic carbocycles. The minimum Gasteiger partial charge on any atom is -0.366 e. The molecular formula is C21H26N4O. The summed E-state index contributed by atoms with van der Waals surface area (Å²) in [6, 6.07) is 14.2. The fourth-order valence-corrected chi connectivity index (χ4v) is 4.26. The number of rotatable bonds is 4. The molecule has 5 nitrogen and oxygen atoms in total. The van der Waals surface area contributed by atoms with Gasteiger partial charge in [-0.05, 0) is 31.0 Å². The van der Waals surface area contributed by atoms with Gasteiger partial charge in [0.25, 0.3) is 0 Å². The van der Waals surface area contributed by atoms with Crippen molar-refractivity contribution in [2.75, 3.05) is 31.1 Å². The second-order valence-corrected chi connectivity index (χ2v) is 7.25. The van der Waals surface area contributed by atoms with Gasteiger partial charge in [-0.3, -0.25) is 9.69 Å². The summed E-state index contributed by atoms with van der Waals surface area (Å²) in [6.45, 7) is 4.22. The first-order valence-corrected chi connectivity index (χ1v) is 9.57. The molecule has 0 atom stereocenters. The van der Waals surface area contributed by atoms with Crippen LogP contribution in [0.15, 0.2) is 42.5 Å². The number of hydrogen-bond acceptors (Lipinski definition) is 4. The number of aromatic nitrogens is 1. The van der Waals surface area contributed by atoms with Crippen molar-refractivity contribution in [1.29, 1.82) is 0 Å². The predicted molar refractivity (Wildman–Crippen MR) is 104 cm³/mol. The van der Waals surface area contributed by atoms with Gasteiger partial charge in [0.05, 0.1) is 5.69 Å². The minimum atomic E-state index is -0.419. The largest absolute Gasteiger partial charge is 0.366 e. The zero-order valence-electron chi connectivity index (χ0n) is 15.1. The van der Waals surface area contributed by atoms with Crippen molar-refractivity contribution in [3.05, 3.63) is 48.0 Å². The standard InChI is InChI=1S/C21H26N4O/c22-21(26)18-9-4-3-8-17(18)19-10-5-11-20(23-19)25-14-12-24(13-15-25)16-6-1-2-7-16/h3-5,8-11,16H,1-2,6-7,12-15H2,(H2,22,26). The molecule has 2 N–H and O–H groups in total. The number of primary amides is 1. The highest BCUT2D eigenvalue weighted by atomic mass is 16.1. The van der Waals surface area contributed by atoms with Crippen LogP contribution in [0.1, 0.15) is 36.0 Å². The van der Waals surface area contributed by atoms with Crippen LogP contribution in [0.4, 0.5) is 5.82 Å². The van der Waals surface area contributed by atoms with Crippen molar-refractivity contribution in [3.63, 3.8) is 0 Å². The fraction of sp³-hybridized carbons (Fsp3) is 0.429. The maximum atomic E-state index is 11.7. The van der Waals surface area contributed by atoms with Gasteiger partial charge < -0.3 is 10.6 Å². The van der Waals surface area contributed by atoms with Gasteiger partial charge in [0.2, 0.25) is 5.91 Å². The number of pyridine rings is 1. The molecule has 1 aromatic carbocycles. The molecule has 0 radical (unpaired) electrons. The van der Waals surface area contributed by atoms with Gasteiger partial charge in [-0.1, -0.05) is 37.1 Å². The maximum absolute atomic E-state index is 11.7. The molecule has 136 valence electrons. The van der Waals surface area contributed by atoms with Crippen LogP contribution in [0.25, 0.3) is 11.3 Å². The van der Waals surface area contributed by atoms with Crippen molar-refractivity contribution >= 4 is 11.7 Å². The molecule has 0 spiro atoms.